The molecule has 1 amide bonds. The van der Waals surface area contributed by atoms with Gasteiger partial charge in [-0.25, -0.2) is 8.78 Å². The lowest BCUT2D eigenvalue weighted by atomic mass is 10.0. The Kier molecular flexibility index (Phi) is 3.91. The first-order valence-corrected chi connectivity index (χ1v) is 6.06. The molecule has 2 rings (SSSR count). The van der Waals surface area contributed by atoms with Crippen LogP contribution in [0.3, 0.4) is 0 Å². The fourth-order valence-corrected chi connectivity index (χ4v) is 2.19. The van der Waals surface area contributed by atoms with Gasteiger partial charge in [0.25, 0.3) is 0 Å². The first-order chi connectivity index (χ1) is 8.58. The molecule has 0 bridgehead atoms. The number of halogens is 2. The molecule has 1 aliphatic heterocycles. The van der Waals surface area contributed by atoms with Crippen LogP contribution >= 0.6 is 0 Å². The number of nitrogens with zero attached hydrogens (tertiary/aromatic N) is 1. The molecule has 1 heterocycles. The van der Waals surface area contributed by atoms with Crippen molar-refractivity contribution in [2.45, 2.75) is 25.3 Å². The zero-order valence-corrected chi connectivity index (χ0v) is 10.0. The van der Waals surface area contributed by atoms with Crippen LogP contribution in [0.2, 0.25) is 0 Å². The molecule has 1 aromatic carbocycles. The van der Waals surface area contributed by atoms with Crippen molar-refractivity contribution in [1.82, 2.24) is 4.90 Å². The summed E-state index contributed by atoms with van der Waals surface area (Å²) >= 11 is 0. The molecule has 0 spiro atoms. The topological polar surface area (TPSA) is 46.3 Å². The van der Waals surface area contributed by atoms with Gasteiger partial charge < -0.3 is 10.6 Å². The normalized spacial score (nSPS) is 17.9. The van der Waals surface area contributed by atoms with Crippen LogP contribution in [0.25, 0.3) is 0 Å². The highest BCUT2D eigenvalue weighted by atomic mass is 19.1. The predicted octanol–water partition coefficient (Wildman–Crippen LogP) is 1.98. The average molecular weight is 254 g/mol. The largest absolute Gasteiger partial charge is 0.341 e. The molecular formula is C13H16F2N2O. The van der Waals surface area contributed by atoms with Gasteiger partial charge in [-0.15, -0.1) is 0 Å². The summed E-state index contributed by atoms with van der Waals surface area (Å²) in [5.74, 6) is -1.23. The predicted molar refractivity (Wildman–Crippen MR) is 63.7 cm³/mol. The Morgan fingerprint density at radius 3 is 2.78 bits per heavy atom. The molecule has 5 heteroatoms. The van der Waals surface area contributed by atoms with Crippen molar-refractivity contribution < 1.29 is 13.6 Å². The Hall–Kier alpha value is -1.49. The van der Waals surface area contributed by atoms with Gasteiger partial charge in [0.15, 0.2) is 0 Å². The average Bonchev–Trinajstić information content (AvgIpc) is 2.32. The van der Waals surface area contributed by atoms with E-state index in [4.69, 9.17) is 5.73 Å². The molecule has 18 heavy (non-hydrogen) atoms. The second kappa shape index (κ2) is 5.44. The number of carbonyl (C=O) groups is 1. The molecule has 1 atom stereocenters. The lowest BCUT2D eigenvalue weighted by Gasteiger charge is -2.29. The fourth-order valence-electron chi connectivity index (χ4n) is 2.19. The highest BCUT2D eigenvalue weighted by Crippen LogP contribution is 2.19. The molecule has 1 saturated heterocycles. The zero-order chi connectivity index (χ0) is 13.1. The number of piperidine rings is 1. The van der Waals surface area contributed by atoms with E-state index in [1.54, 1.807) is 4.90 Å². The maximum atomic E-state index is 13.5. The van der Waals surface area contributed by atoms with Crippen LogP contribution in [0.15, 0.2) is 18.2 Å². The Labute approximate surface area is 105 Å². The van der Waals surface area contributed by atoms with Crippen LogP contribution in [0.5, 0.6) is 0 Å². The van der Waals surface area contributed by atoms with Crippen LogP contribution in [-0.4, -0.2) is 23.9 Å². The Bertz CT molecular complexity index is 451. The number of carbonyl (C=O) groups excluding carboxylic acids is 1. The van der Waals surface area contributed by atoms with Crippen molar-refractivity contribution in [3.8, 4) is 0 Å². The summed E-state index contributed by atoms with van der Waals surface area (Å²) in [6.07, 6.45) is 2.37. The first-order valence-electron chi connectivity index (χ1n) is 6.06. The summed E-state index contributed by atoms with van der Waals surface area (Å²) in [5, 5.41) is 0. The maximum absolute atomic E-state index is 13.5. The quantitative estimate of drug-likeness (QED) is 0.896. The minimum absolute atomic E-state index is 0.0548. The molecule has 1 unspecified atom stereocenters. The van der Waals surface area contributed by atoms with Crippen LogP contribution in [0.4, 0.5) is 8.78 Å². The molecule has 3 nitrogen and oxygen atoms in total. The third-order valence-corrected chi connectivity index (χ3v) is 3.20. The van der Waals surface area contributed by atoms with Crippen molar-refractivity contribution in [3.05, 3.63) is 35.4 Å². The Morgan fingerprint density at radius 2 is 2.11 bits per heavy atom. The molecule has 0 aliphatic carbocycles. The van der Waals surface area contributed by atoms with Gasteiger partial charge in [0.05, 0.1) is 6.04 Å². The van der Waals surface area contributed by atoms with E-state index in [2.05, 4.69) is 0 Å². The van der Waals surface area contributed by atoms with Gasteiger partial charge in [-0.2, -0.15) is 0 Å². The summed E-state index contributed by atoms with van der Waals surface area (Å²) in [6.45, 7) is 0.941. The number of nitrogens with two attached hydrogens (primary N) is 1. The highest BCUT2D eigenvalue weighted by molar-refractivity contribution is 5.76. The smallest absolute Gasteiger partial charge is 0.222 e. The van der Waals surface area contributed by atoms with E-state index in [1.165, 1.54) is 12.1 Å². The number of benzene rings is 1. The molecule has 1 aromatic rings. The summed E-state index contributed by atoms with van der Waals surface area (Å²) in [6, 6.07) is 2.71. The third kappa shape index (κ3) is 2.85. The monoisotopic (exact) mass is 254 g/mol. The molecule has 1 fully saturated rings. The van der Waals surface area contributed by atoms with Crippen molar-refractivity contribution in [3.63, 3.8) is 0 Å². The number of hydrogen-bond donors (Lipinski definition) is 1. The van der Waals surface area contributed by atoms with Crippen molar-refractivity contribution in [1.29, 1.82) is 0 Å². The zero-order valence-electron chi connectivity index (χ0n) is 10.0. The molecular weight excluding hydrogens is 238 g/mol. The molecule has 0 aromatic heterocycles. The number of rotatable bonds is 3. The lowest BCUT2D eigenvalue weighted by molar-refractivity contribution is -0.133. The fraction of sp³-hybridized carbons (Fsp3) is 0.462. The molecule has 1 aliphatic rings. The summed E-state index contributed by atoms with van der Waals surface area (Å²) in [4.78, 5) is 13.3. The van der Waals surface area contributed by atoms with Crippen molar-refractivity contribution >= 4 is 5.91 Å². The Morgan fingerprint density at radius 1 is 1.33 bits per heavy atom. The van der Waals surface area contributed by atoms with Gasteiger partial charge in [0.1, 0.15) is 11.6 Å². The van der Waals surface area contributed by atoms with E-state index in [1.807, 2.05) is 0 Å². The molecule has 0 radical (unpaired) electrons. The van der Waals surface area contributed by atoms with Crippen molar-refractivity contribution in [2.24, 2.45) is 5.73 Å². The maximum Gasteiger partial charge on any atom is 0.222 e. The van der Waals surface area contributed by atoms with Gasteiger partial charge in [0, 0.05) is 31.1 Å². The standard InChI is InChI=1S/C13H16F2N2O/c14-9-4-5-10(11(15)7-9)12(16)8-17-6-2-1-3-13(17)18/h4-5,7,12H,1-3,6,8,16H2. The van der Waals surface area contributed by atoms with Crippen LogP contribution in [-0.2, 0) is 4.79 Å². The summed E-state index contributed by atoms with van der Waals surface area (Å²) in [7, 11) is 0. The minimum atomic E-state index is -0.660. The number of likely N-dealkylation sites (tertiary alicyclic amines) is 1. The summed E-state index contributed by atoms with van der Waals surface area (Å²) < 4.78 is 26.3. The second-order valence-corrected chi connectivity index (χ2v) is 4.57. The van der Waals surface area contributed by atoms with Gasteiger partial charge in [-0.3, -0.25) is 4.79 Å². The van der Waals surface area contributed by atoms with Gasteiger partial charge in [0.2, 0.25) is 5.91 Å². The molecule has 0 saturated carbocycles. The van der Waals surface area contributed by atoms with Gasteiger partial charge in [-0.05, 0) is 18.9 Å². The summed E-state index contributed by atoms with van der Waals surface area (Å²) in [5.41, 5.74) is 6.13. The number of amides is 1. The first kappa shape index (κ1) is 13.0. The van der Waals surface area contributed by atoms with E-state index in [0.29, 0.717) is 13.0 Å². The van der Waals surface area contributed by atoms with Crippen molar-refractivity contribution in [2.75, 3.05) is 13.1 Å². The highest BCUT2D eigenvalue weighted by Gasteiger charge is 2.22. The van der Waals surface area contributed by atoms with E-state index in [0.717, 1.165) is 18.9 Å². The molecule has 98 valence electrons. The third-order valence-electron chi connectivity index (χ3n) is 3.20. The van der Waals surface area contributed by atoms with Crippen LogP contribution in [0, 0.1) is 11.6 Å². The van der Waals surface area contributed by atoms with Gasteiger partial charge >= 0.3 is 0 Å². The van der Waals surface area contributed by atoms with E-state index >= 15 is 0 Å². The van der Waals surface area contributed by atoms with Crippen LogP contribution < -0.4 is 5.73 Å². The second-order valence-electron chi connectivity index (χ2n) is 4.57. The van der Waals surface area contributed by atoms with E-state index < -0.39 is 17.7 Å². The molecule has 2 N–H and O–H groups in total. The lowest BCUT2D eigenvalue weighted by Crippen LogP contribution is -2.40. The number of hydrogen-bond acceptors (Lipinski definition) is 2. The minimum Gasteiger partial charge on any atom is -0.341 e. The van der Waals surface area contributed by atoms with Crippen LogP contribution in [0.1, 0.15) is 30.9 Å². The van der Waals surface area contributed by atoms with Gasteiger partial charge in [-0.1, -0.05) is 6.07 Å². The SMILES string of the molecule is NC(CN1CCCCC1=O)c1ccc(F)cc1F. The van der Waals surface area contributed by atoms with E-state index in [9.17, 15) is 13.6 Å². The van der Waals surface area contributed by atoms with E-state index in [-0.39, 0.29) is 18.0 Å². The Balaban J connectivity index is 2.06.